The van der Waals surface area contributed by atoms with E-state index >= 15 is 0 Å². The summed E-state index contributed by atoms with van der Waals surface area (Å²) in [5.74, 6) is 0. The summed E-state index contributed by atoms with van der Waals surface area (Å²) in [4.78, 5) is 0. The Morgan fingerprint density at radius 3 is 2.38 bits per heavy atom. The van der Waals surface area contributed by atoms with E-state index in [0.717, 1.165) is 0 Å². The zero-order valence-corrected chi connectivity index (χ0v) is 7.33. The Labute approximate surface area is 61.5 Å². The summed E-state index contributed by atoms with van der Waals surface area (Å²) >= 11 is -0.325. The molecule has 0 saturated heterocycles. The van der Waals surface area contributed by atoms with Gasteiger partial charge in [-0.3, -0.25) is 0 Å². The number of hydrogen-bond acceptors (Lipinski definition) is 0. The smallest absolute Gasteiger partial charge is 0.693 e. The van der Waals surface area contributed by atoms with Gasteiger partial charge < -0.3 is 6.15 Å². The largest absolute Gasteiger partial charge is 0.693 e. The molecule has 0 aromatic rings. The molecule has 0 fully saturated rings. The third kappa shape index (κ3) is 9.54. The van der Waals surface area contributed by atoms with Crippen LogP contribution in [0.2, 0.25) is 0 Å². The van der Waals surface area contributed by atoms with Gasteiger partial charge in [0, 0.05) is 0 Å². The molecular formula is C5H7ClIrN-2. The third-order valence-electron chi connectivity index (χ3n) is 0.328. The monoisotopic (exact) mass is 309 g/mol. The molecule has 0 radical (unpaired) electrons. The minimum atomic E-state index is -0.325. The van der Waals surface area contributed by atoms with E-state index < -0.39 is 0 Å². The van der Waals surface area contributed by atoms with Crippen molar-refractivity contribution in [3.05, 3.63) is 31.0 Å². The molecule has 0 aliphatic heterocycles. The van der Waals surface area contributed by atoms with Crippen LogP contribution >= 0.6 is 9.58 Å². The van der Waals surface area contributed by atoms with Crippen LogP contribution < -0.4 is 0 Å². The van der Waals surface area contributed by atoms with Gasteiger partial charge in [0.2, 0.25) is 0 Å². The van der Waals surface area contributed by atoms with Crippen molar-refractivity contribution < 1.29 is 16.2 Å². The van der Waals surface area contributed by atoms with Gasteiger partial charge in [0.25, 0.3) is 0 Å². The molecule has 0 heterocycles. The zero-order valence-electron chi connectivity index (χ0n) is 4.18. The number of rotatable bonds is 2. The standard InChI is InChI=1S/C5H5.ClH.Ir.H2N/c1-3-5-4-2;;;/h1-5H;1H;;1H2/q-1;;+1;-1/p-1/b5-3-;;;. The van der Waals surface area contributed by atoms with Gasteiger partial charge in [0.15, 0.2) is 0 Å². The molecule has 0 atom stereocenters. The first-order valence-corrected chi connectivity index (χ1v) is 6.00. The predicted molar refractivity (Wildman–Crippen MR) is 35.2 cm³/mol. The van der Waals surface area contributed by atoms with Crippen molar-refractivity contribution in [2.24, 2.45) is 0 Å². The molecule has 0 aliphatic rings. The van der Waals surface area contributed by atoms with Gasteiger partial charge in [-0.1, -0.05) is 0 Å². The number of halogens is 1. The Morgan fingerprint density at radius 1 is 1.38 bits per heavy atom. The molecule has 8 heavy (non-hydrogen) atoms. The maximum Gasteiger partial charge on any atom is -0.693 e. The zero-order chi connectivity index (χ0) is 5.54. The van der Waals surface area contributed by atoms with Crippen molar-refractivity contribution in [1.82, 2.24) is 0 Å². The molecule has 0 amide bonds. The van der Waals surface area contributed by atoms with Gasteiger partial charge in [0.05, 0.1) is 0 Å². The molecule has 0 unspecified atom stereocenters. The van der Waals surface area contributed by atoms with Gasteiger partial charge in [-0.2, -0.15) is 0 Å². The fraction of sp³-hybridized carbons (Fsp3) is 0. The maximum absolute atomic E-state index is 5.40. The SMILES string of the molecule is [CH-]=C/C=C\[CH]=[Ir][Cl].[NH2-]. The normalized spacial score (nSPS) is 11.6. The van der Waals surface area contributed by atoms with Crippen molar-refractivity contribution in [3.8, 4) is 0 Å². The van der Waals surface area contributed by atoms with Crippen molar-refractivity contribution in [2.75, 3.05) is 0 Å². The third-order valence-corrected chi connectivity index (χ3v) is 1.78. The first kappa shape index (κ1) is 11.1. The minimum absolute atomic E-state index is 0. The molecule has 2 N–H and O–H groups in total. The summed E-state index contributed by atoms with van der Waals surface area (Å²) in [6.07, 6.45) is 5.09. The fourth-order valence-corrected chi connectivity index (χ4v) is 0.963. The van der Waals surface area contributed by atoms with Gasteiger partial charge >= 0.3 is 55.1 Å². The first-order chi connectivity index (χ1) is 3.41. The van der Waals surface area contributed by atoms with Crippen LogP contribution in [0.1, 0.15) is 0 Å². The molecule has 0 saturated carbocycles. The maximum atomic E-state index is 5.40. The van der Waals surface area contributed by atoms with Gasteiger partial charge in [0.1, 0.15) is 0 Å². The first-order valence-electron chi connectivity index (χ1n) is 1.65. The van der Waals surface area contributed by atoms with E-state index in [2.05, 4.69) is 0 Å². The topological polar surface area (TPSA) is 33.5 Å². The molecule has 0 bridgehead atoms. The molecule has 0 rings (SSSR count). The number of hydrogen-bond donors (Lipinski definition) is 0. The number of allylic oxidation sites excluding steroid dienone is 3. The minimum Gasteiger partial charge on any atom is -0.693 e. The second-order valence-electron chi connectivity index (χ2n) is 0.761. The summed E-state index contributed by atoms with van der Waals surface area (Å²) in [5.41, 5.74) is 0. The summed E-state index contributed by atoms with van der Waals surface area (Å²) in [5, 5.41) is 0. The van der Waals surface area contributed by atoms with E-state index in [1.165, 1.54) is 6.08 Å². The Balaban J connectivity index is 0. The van der Waals surface area contributed by atoms with Crippen molar-refractivity contribution in [1.29, 1.82) is 0 Å². The van der Waals surface area contributed by atoms with E-state index in [4.69, 9.17) is 16.2 Å². The van der Waals surface area contributed by atoms with Crippen molar-refractivity contribution in [3.63, 3.8) is 0 Å². The summed E-state index contributed by atoms with van der Waals surface area (Å²) in [6.45, 7) is 5.01. The quantitative estimate of drug-likeness (QED) is 0.554. The van der Waals surface area contributed by atoms with Gasteiger partial charge in [-0.25, -0.2) is 0 Å². The van der Waals surface area contributed by atoms with Crippen LogP contribution in [0.25, 0.3) is 6.15 Å². The van der Waals surface area contributed by atoms with Crippen LogP contribution in [0.15, 0.2) is 18.2 Å². The van der Waals surface area contributed by atoms with Crippen LogP contribution in [-0.2, 0) is 16.2 Å². The fourth-order valence-electron chi connectivity index (χ4n) is 0.125. The molecule has 50 valence electrons. The summed E-state index contributed by atoms with van der Waals surface area (Å²) in [7, 11) is 5.40. The van der Waals surface area contributed by atoms with Crippen molar-refractivity contribution in [2.45, 2.75) is 0 Å². The second-order valence-corrected chi connectivity index (χ2v) is 3.27. The predicted octanol–water partition coefficient (Wildman–Crippen LogP) is 2.29. The van der Waals surface area contributed by atoms with Crippen LogP contribution in [0.3, 0.4) is 0 Å². The molecule has 0 aromatic heterocycles. The van der Waals surface area contributed by atoms with E-state index in [-0.39, 0.29) is 22.4 Å². The Morgan fingerprint density at radius 2 is 2.00 bits per heavy atom. The Hall–Kier alpha value is 0.249. The Kier molecular flexibility index (Phi) is 14.3. The van der Waals surface area contributed by atoms with Gasteiger partial charge in [-0.15, -0.1) is 0 Å². The average Bonchev–Trinajstić information content (AvgIpc) is 1.69. The average molecular weight is 309 g/mol. The van der Waals surface area contributed by atoms with Crippen LogP contribution in [0, 0.1) is 6.58 Å². The van der Waals surface area contributed by atoms with E-state index in [1.54, 1.807) is 6.08 Å². The van der Waals surface area contributed by atoms with Crippen LogP contribution in [0.5, 0.6) is 0 Å². The van der Waals surface area contributed by atoms with Crippen molar-refractivity contribution >= 4 is 14.1 Å². The summed E-state index contributed by atoms with van der Waals surface area (Å²) < 4.78 is 1.94. The van der Waals surface area contributed by atoms with Gasteiger partial charge in [-0.05, 0) is 0 Å². The molecule has 0 aliphatic carbocycles. The molecule has 0 spiro atoms. The molecule has 0 aromatic carbocycles. The van der Waals surface area contributed by atoms with E-state index in [0.29, 0.717) is 0 Å². The number of nitrogens with two attached hydrogens (primary N) is 1. The van der Waals surface area contributed by atoms with E-state index in [1.807, 2.05) is 10.6 Å². The molecular weight excluding hydrogens is 302 g/mol. The summed E-state index contributed by atoms with van der Waals surface area (Å²) in [6, 6.07) is 0. The van der Waals surface area contributed by atoms with Crippen LogP contribution in [0.4, 0.5) is 0 Å². The molecule has 1 nitrogen and oxygen atoms in total. The second kappa shape index (κ2) is 10.3. The van der Waals surface area contributed by atoms with Crippen LogP contribution in [-0.4, -0.2) is 4.53 Å². The Bertz CT molecular complexity index is 98.6. The molecule has 3 heteroatoms. The van der Waals surface area contributed by atoms with E-state index in [9.17, 15) is 0 Å².